The molecule has 3 rings (SSSR count). The van der Waals surface area contributed by atoms with Crippen LogP contribution in [0.15, 0.2) is 16.5 Å². The van der Waals surface area contributed by atoms with Crippen molar-refractivity contribution in [2.45, 2.75) is 32.0 Å². The molecule has 0 bridgehead atoms. The maximum Gasteiger partial charge on any atom is 0.118 e. The van der Waals surface area contributed by atoms with Crippen LogP contribution in [-0.2, 0) is 22.4 Å². The van der Waals surface area contributed by atoms with Crippen LogP contribution in [0.3, 0.4) is 0 Å². The third-order valence-electron chi connectivity index (χ3n) is 4.18. The Balaban J connectivity index is 1.69. The van der Waals surface area contributed by atoms with Crippen LogP contribution in [-0.4, -0.2) is 43.9 Å². The first-order chi connectivity index (χ1) is 8.81. The van der Waals surface area contributed by atoms with Gasteiger partial charge in [0.15, 0.2) is 0 Å². The molecule has 0 aliphatic carbocycles. The summed E-state index contributed by atoms with van der Waals surface area (Å²) in [6, 6.07) is 4.65. The lowest BCUT2D eigenvalue weighted by Crippen LogP contribution is -2.32. The maximum absolute atomic E-state index is 5.79. The summed E-state index contributed by atoms with van der Waals surface area (Å²) in [5, 5.41) is 0. The molecule has 2 aliphatic rings. The van der Waals surface area contributed by atoms with Gasteiger partial charge in [-0.2, -0.15) is 0 Å². The zero-order valence-corrected chi connectivity index (χ0v) is 11.1. The number of ether oxygens (including phenoxy) is 2. The predicted octanol–water partition coefficient (Wildman–Crippen LogP) is 1.69. The minimum absolute atomic E-state index is 0.304. The molecule has 100 valence electrons. The van der Waals surface area contributed by atoms with Crippen LogP contribution in [0.5, 0.6) is 0 Å². The van der Waals surface area contributed by atoms with Gasteiger partial charge in [-0.1, -0.05) is 6.92 Å². The van der Waals surface area contributed by atoms with Crippen molar-refractivity contribution in [1.82, 2.24) is 4.90 Å². The number of nitrogens with zero attached hydrogens (tertiary/aromatic N) is 1. The number of hydrogen-bond donors (Lipinski definition) is 0. The number of methoxy groups -OCH3 is 1. The molecule has 3 atom stereocenters. The summed E-state index contributed by atoms with van der Waals surface area (Å²) in [6.45, 7) is 5.62. The molecule has 0 saturated carbocycles. The summed E-state index contributed by atoms with van der Waals surface area (Å²) in [7, 11) is 1.80. The molecular formula is C14H21NO3. The molecule has 0 aromatic carbocycles. The third-order valence-corrected chi connectivity index (χ3v) is 4.18. The van der Waals surface area contributed by atoms with E-state index in [1.807, 2.05) is 0 Å². The average molecular weight is 251 g/mol. The van der Waals surface area contributed by atoms with Crippen molar-refractivity contribution in [1.29, 1.82) is 0 Å². The van der Waals surface area contributed by atoms with Crippen LogP contribution in [0.1, 0.15) is 18.4 Å². The normalized spacial score (nSPS) is 32.0. The van der Waals surface area contributed by atoms with E-state index in [9.17, 15) is 0 Å². The second-order valence-electron chi connectivity index (χ2n) is 5.19. The lowest BCUT2D eigenvalue weighted by molar-refractivity contribution is 0.0525. The van der Waals surface area contributed by atoms with E-state index in [1.54, 1.807) is 7.11 Å². The summed E-state index contributed by atoms with van der Waals surface area (Å²) in [6.07, 6.45) is 1.26. The highest BCUT2D eigenvalue weighted by Crippen LogP contribution is 2.33. The fourth-order valence-electron chi connectivity index (χ4n) is 3.12. The summed E-state index contributed by atoms with van der Waals surface area (Å²) in [5.41, 5.74) is 0. The quantitative estimate of drug-likeness (QED) is 0.815. The number of likely N-dealkylation sites (tertiary alicyclic amines) is 1. The first-order valence-electron chi connectivity index (χ1n) is 6.74. The van der Waals surface area contributed by atoms with Gasteiger partial charge in [-0.05, 0) is 12.1 Å². The van der Waals surface area contributed by atoms with Gasteiger partial charge < -0.3 is 13.9 Å². The number of furan rings is 1. The first-order valence-corrected chi connectivity index (χ1v) is 6.74. The number of hydrogen-bond acceptors (Lipinski definition) is 4. The molecule has 0 spiro atoms. The summed E-state index contributed by atoms with van der Waals surface area (Å²) >= 11 is 0. The van der Waals surface area contributed by atoms with E-state index < -0.39 is 0 Å². The Morgan fingerprint density at radius 1 is 1.33 bits per heavy atom. The molecule has 0 N–H and O–H groups in total. The van der Waals surface area contributed by atoms with Gasteiger partial charge in [0.05, 0.1) is 25.9 Å². The van der Waals surface area contributed by atoms with E-state index in [0.29, 0.717) is 18.1 Å². The monoisotopic (exact) mass is 251 g/mol. The molecule has 18 heavy (non-hydrogen) atoms. The SMILES string of the molecule is CCc1ccc(CN2C[C@@H](OC)[C@@H]3COC[C@@H]32)o1. The van der Waals surface area contributed by atoms with Crippen LogP contribution >= 0.6 is 0 Å². The predicted molar refractivity (Wildman–Crippen MR) is 67.4 cm³/mol. The molecule has 0 radical (unpaired) electrons. The van der Waals surface area contributed by atoms with E-state index in [2.05, 4.69) is 24.0 Å². The van der Waals surface area contributed by atoms with Gasteiger partial charge in [0.25, 0.3) is 0 Å². The van der Waals surface area contributed by atoms with Gasteiger partial charge in [0, 0.05) is 32.0 Å². The van der Waals surface area contributed by atoms with E-state index in [4.69, 9.17) is 13.9 Å². The molecule has 4 heteroatoms. The summed E-state index contributed by atoms with van der Waals surface area (Å²) in [4.78, 5) is 2.43. The molecule has 2 fully saturated rings. The zero-order valence-electron chi connectivity index (χ0n) is 11.1. The van der Waals surface area contributed by atoms with Crippen molar-refractivity contribution in [3.8, 4) is 0 Å². The maximum atomic E-state index is 5.79. The smallest absolute Gasteiger partial charge is 0.118 e. The van der Waals surface area contributed by atoms with E-state index >= 15 is 0 Å². The molecule has 3 heterocycles. The van der Waals surface area contributed by atoms with E-state index in [-0.39, 0.29) is 0 Å². The second-order valence-corrected chi connectivity index (χ2v) is 5.19. The first kappa shape index (κ1) is 12.2. The highest BCUT2D eigenvalue weighted by molar-refractivity contribution is 5.08. The second kappa shape index (κ2) is 5.03. The van der Waals surface area contributed by atoms with Gasteiger partial charge >= 0.3 is 0 Å². The van der Waals surface area contributed by atoms with Crippen LogP contribution in [0.4, 0.5) is 0 Å². The summed E-state index contributed by atoms with van der Waals surface area (Å²) < 4.78 is 16.9. The number of rotatable bonds is 4. The van der Waals surface area contributed by atoms with Crippen molar-refractivity contribution in [3.63, 3.8) is 0 Å². The Kier molecular flexibility index (Phi) is 3.41. The van der Waals surface area contributed by atoms with Gasteiger partial charge in [0.1, 0.15) is 11.5 Å². The minimum atomic E-state index is 0.304. The number of fused-ring (bicyclic) bond motifs is 1. The molecule has 0 amide bonds. The standard InChI is InChI=1S/C14H21NO3/c1-3-10-4-5-11(18-10)6-15-7-14(16-2)12-8-17-9-13(12)15/h4-5,12-14H,3,6-9H2,1-2H3/t12-,13+,14-/m1/s1. The molecule has 1 aromatic rings. The third kappa shape index (κ3) is 2.09. The lowest BCUT2D eigenvalue weighted by Gasteiger charge is -2.20. The Labute approximate surface area is 108 Å². The van der Waals surface area contributed by atoms with Crippen LogP contribution in [0, 0.1) is 5.92 Å². The Hall–Kier alpha value is -0.840. The fourth-order valence-corrected chi connectivity index (χ4v) is 3.12. The van der Waals surface area contributed by atoms with Crippen LogP contribution in [0.25, 0.3) is 0 Å². The van der Waals surface area contributed by atoms with Crippen LogP contribution < -0.4 is 0 Å². The largest absolute Gasteiger partial charge is 0.465 e. The van der Waals surface area contributed by atoms with Crippen molar-refractivity contribution >= 4 is 0 Å². The highest BCUT2D eigenvalue weighted by Gasteiger charge is 2.45. The topological polar surface area (TPSA) is 34.8 Å². The van der Waals surface area contributed by atoms with Crippen LogP contribution in [0.2, 0.25) is 0 Å². The molecule has 2 saturated heterocycles. The Morgan fingerprint density at radius 3 is 2.89 bits per heavy atom. The molecule has 1 aromatic heterocycles. The van der Waals surface area contributed by atoms with Gasteiger partial charge in [-0.25, -0.2) is 0 Å². The van der Waals surface area contributed by atoms with E-state index in [0.717, 1.165) is 44.2 Å². The highest BCUT2D eigenvalue weighted by atomic mass is 16.5. The molecule has 2 aliphatic heterocycles. The van der Waals surface area contributed by atoms with Crippen molar-refractivity contribution in [3.05, 3.63) is 23.7 Å². The molecule has 0 unspecified atom stereocenters. The average Bonchev–Trinajstić information content (AvgIpc) is 3.06. The molecular weight excluding hydrogens is 230 g/mol. The zero-order chi connectivity index (χ0) is 12.5. The number of aryl methyl sites for hydroxylation is 1. The van der Waals surface area contributed by atoms with Crippen molar-refractivity contribution in [2.24, 2.45) is 5.92 Å². The van der Waals surface area contributed by atoms with E-state index in [1.165, 1.54) is 0 Å². The molecule has 4 nitrogen and oxygen atoms in total. The van der Waals surface area contributed by atoms with Crippen molar-refractivity contribution < 1.29 is 13.9 Å². The van der Waals surface area contributed by atoms with Gasteiger partial charge in [-0.15, -0.1) is 0 Å². The Bertz CT molecular complexity index is 403. The van der Waals surface area contributed by atoms with Gasteiger partial charge in [0.2, 0.25) is 0 Å². The Morgan fingerprint density at radius 2 is 2.17 bits per heavy atom. The van der Waals surface area contributed by atoms with Crippen molar-refractivity contribution in [2.75, 3.05) is 26.9 Å². The lowest BCUT2D eigenvalue weighted by atomic mass is 10.0. The minimum Gasteiger partial charge on any atom is -0.465 e. The fraction of sp³-hybridized carbons (Fsp3) is 0.714. The van der Waals surface area contributed by atoms with Gasteiger partial charge in [-0.3, -0.25) is 4.90 Å². The summed E-state index contributed by atoms with van der Waals surface area (Å²) in [5.74, 6) is 2.64.